The van der Waals surface area contributed by atoms with Crippen molar-refractivity contribution in [1.82, 2.24) is 9.80 Å². The highest BCUT2D eigenvalue weighted by atomic mass is 16.1. The van der Waals surface area contributed by atoms with Crippen LogP contribution in [0.4, 0.5) is 0 Å². The SMILES string of the molecule is CC(C)C1CN(CC=O)CCN1C(C)C. The Morgan fingerprint density at radius 1 is 1.27 bits per heavy atom. The van der Waals surface area contributed by atoms with Gasteiger partial charge in [0.1, 0.15) is 6.29 Å². The molecule has 0 N–H and O–H groups in total. The number of carbonyl (C=O) groups excluding carboxylic acids is 1. The van der Waals surface area contributed by atoms with E-state index in [0.717, 1.165) is 25.9 Å². The van der Waals surface area contributed by atoms with Crippen LogP contribution in [0.2, 0.25) is 0 Å². The Kier molecular flexibility index (Phi) is 4.74. The summed E-state index contributed by atoms with van der Waals surface area (Å²) in [4.78, 5) is 15.3. The lowest BCUT2D eigenvalue weighted by Crippen LogP contribution is -2.57. The largest absolute Gasteiger partial charge is 0.302 e. The normalized spacial score (nSPS) is 25.1. The highest BCUT2D eigenvalue weighted by molar-refractivity contribution is 5.52. The second kappa shape index (κ2) is 5.61. The van der Waals surface area contributed by atoms with Crippen molar-refractivity contribution in [3.05, 3.63) is 0 Å². The van der Waals surface area contributed by atoms with Crippen LogP contribution < -0.4 is 0 Å². The molecular weight excluding hydrogens is 188 g/mol. The lowest BCUT2D eigenvalue weighted by molar-refractivity contribution is -0.109. The van der Waals surface area contributed by atoms with Crippen molar-refractivity contribution in [2.24, 2.45) is 5.92 Å². The van der Waals surface area contributed by atoms with E-state index in [4.69, 9.17) is 0 Å². The summed E-state index contributed by atoms with van der Waals surface area (Å²) in [5.74, 6) is 0.654. The van der Waals surface area contributed by atoms with Crippen LogP contribution in [0.5, 0.6) is 0 Å². The molecule has 1 aliphatic heterocycles. The lowest BCUT2D eigenvalue weighted by Gasteiger charge is -2.45. The van der Waals surface area contributed by atoms with E-state index in [1.165, 1.54) is 0 Å². The van der Waals surface area contributed by atoms with Crippen molar-refractivity contribution in [3.63, 3.8) is 0 Å². The zero-order valence-electron chi connectivity index (χ0n) is 10.4. The van der Waals surface area contributed by atoms with Gasteiger partial charge in [0.25, 0.3) is 0 Å². The Hall–Kier alpha value is -0.410. The summed E-state index contributed by atoms with van der Waals surface area (Å²) in [7, 11) is 0. The summed E-state index contributed by atoms with van der Waals surface area (Å²) in [6.07, 6.45) is 1.02. The number of aldehydes is 1. The monoisotopic (exact) mass is 212 g/mol. The molecule has 0 aromatic heterocycles. The Morgan fingerprint density at radius 2 is 1.93 bits per heavy atom. The maximum atomic E-state index is 10.5. The summed E-state index contributed by atoms with van der Waals surface area (Å²) >= 11 is 0. The molecule has 1 fully saturated rings. The molecule has 1 aliphatic rings. The molecule has 0 aromatic rings. The van der Waals surface area contributed by atoms with Crippen LogP contribution in [-0.2, 0) is 4.79 Å². The molecule has 0 radical (unpaired) electrons. The molecule has 0 spiro atoms. The van der Waals surface area contributed by atoms with E-state index in [0.29, 0.717) is 24.5 Å². The van der Waals surface area contributed by atoms with Gasteiger partial charge in [0.05, 0.1) is 6.54 Å². The standard InChI is InChI=1S/C12H24N2O/c1-10(2)12-9-13(7-8-15)5-6-14(12)11(3)4/h8,10-12H,5-7,9H2,1-4H3. The van der Waals surface area contributed by atoms with Crippen molar-refractivity contribution in [1.29, 1.82) is 0 Å². The third kappa shape index (κ3) is 3.28. The van der Waals surface area contributed by atoms with Crippen molar-refractivity contribution >= 4 is 6.29 Å². The zero-order valence-corrected chi connectivity index (χ0v) is 10.4. The third-order valence-electron chi connectivity index (χ3n) is 3.31. The summed E-state index contributed by atoms with van der Waals surface area (Å²) in [5.41, 5.74) is 0. The molecule has 3 heteroatoms. The Balaban J connectivity index is 2.60. The molecule has 0 bridgehead atoms. The molecule has 1 atom stereocenters. The van der Waals surface area contributed by atoms with Crippen LogP contribution >= 0.6 is 0 Å². The maximum absolute atomic E-state index is 10.5. The van der Waals surface area contributed by atoms with Gasteiger partial charge in [-0.15, -0.1) is 0 Å². The van der Waals surface area contributed by atoms with Crippen molar-refractivity contribution in [2.45, 2.75) is 39.8 Å². The van der Waals surface area contributed by atoms with E-state index in [1.807, 2.05) is 0 Å². The fraction of sp³-hybridized carbons (Fsp3) is 0.917. The predicted octanol–water partition coefficient (Wildman–Crippen LogP) is 1.24. The van der Waals surface area contributed by atoms with E-state index in [9.17, 15) is 4.79 Å². The number of hydrogen-bond donors (Lipinski definition) is 0. The smallest absolute Gasteiger partial charge is 0.133 e. The van der Waals surface area contributed by atoms with E-state index in [2.05, 4.69) is 37.5 Å². The minimum Gasteiger partial charge on any atom is -0.302 e. The van der Waals surface area contributed by atoms with Gasteiger partial charge in [-0.3, -0.25) is 9.80 Å². The lowest BCUT2D eigenvalue weighted by atomic mass is 9.98. The second-order valence-electron chi connectivity index (χ2n) is 5.07. The van der Waals surface area contributed by atoms with Gasteiger partial charge in [-0.05, 0) is 19.8 Å². The molecule has 1 saturated heterocycles. The van der Waals surface area contributed by atoms with E-state index < -0.39 is 0 Å². The number of piperazine rings is 1. The van der Waals surface area contributed by atoms with Crippen molar-refractivity contribution < 1.29 is 4.79 Å². The highest BCUT2D eigenvalue weighted by Gasteiger charge is 2.30. The summed E-state index contributed by atoms with van der Waals surface area (Å²) in [6, 6.07) is 1.20. The van der Waals surface area contributed by atoms with Crippen LogP contribution in [0.1, 0.15) is 27.7 Å². The molecule has 1 heterocycles. The average Bonchev–Trinajstić information content (AvgIpc) is 2.17. The molecular formula is C12H24N2O. The number of nitrogens with zero attached hydrogens (tertiary/aromatic N) is 2. The van der Waals surface area contributed by atoms with Gasteiger partial charge in [0.15, 0.2) is 0 Å². The number of hydrogen-bond acceptors (Lipinski definition) is 3. The maximum Gasteiger partial charge on any atom is 0.133 e. The fourth-order valence-corrected chi connectivity index (χ4v) is 2.39. The first-order chi connectivity index (χ1) is 7.06. The fourth-order valence-electron chi connectivity index (χ4n) is 2.39. The first-order valence-corrected chi connectivity index (χ1v) is 5.98. The molecule has 15 heavy (non-hydrogen) atoms. The molecule has 0 amide bonds. The number of carbonyl (C=O) groups is 1. The van der Waals surface area contributed by atoms with Gasteiger partial charge in [0.2, 0.25) is 0 Å². The molecule has 0 aromatic carbocycles. The summed E-state index contributed by atoms with van der Waals surface area (Å²) in [6.45, 7) is 12.8. The van der Waals surface area contributed by atoms with E-state index in [-0.39, 0.29) is 0 Å². The minimum absolute atomic E-state index is 0.592. The van der Waals surface area contributed by atoms with Crippen LogP contribution in [0.15, 0.2) is 0 Å². The summed E-state index contributed by atoms with van der Waals surface area (Å²) < 4.78 is 0. The van der Waals surface area contributed by atoms with Gasteiger partial charge < -0.3 is 4.79 Å². The highest BCUT2D eigenvalue weighted by Crippen LogP contribution is 2.19. The molecule has 3 nitrogen and oxygen atoms in total. The molecule has 0 aliphatic carbocycles. The Bertz CT molecular complexity index is 204. The van der Waals surface area contributed by atoms with Gasteiger partial charge in [0, 0.05) is 31.7 Å². The molecule has 0 saturated carbocycles. The molecule has 1 unspecified atom stereocenters. The van der Waals surface area contributed by atoms with Gasteiger partial charge >= 0.3 is 0 Å². The van der Waals surface area contributed by atoms with Crippen LogP contribution in [-0.4, -0.2) is 54.3 Å². The molecule has 88 valence electrons. The third-order valence-corrected chi connectivity index (χ3v) is 3.31. The first-order valence-electron chi connectivity index (χ1n) is 5.98. The topological polar surface area (TPSA) is 23.6 Å². The quantitative estimate of drug-likeness (QED) is 0.655. The van der Waals surface area contributed by atoms with Gasteiger partial charge in [-0.25, -0.2) is 0 Å². The van der Waals surface area contributed by atoms with Gasteiger partial charge in [-0.2, -0.15) is 0 Å². The Morgan fingerprint density at radius 3 is 2.40 bits per heavy atom. The van der Waals surface area contributed by atoms with Crippen molar-refractivity contribution in [2.75, 3.05) is 26.2 Å². The predicted molar refractivity (Wildman–Crippen MR) is 63.0 cm³/mol. The first kappa shape index (κ1) is 12.7. The average molecular weight is 212 g/mol. The Labute approximate surface area is 93.4 Å². The van der Waals surface area contributed by atoms with Crippen LogP contribution in [0.3, 0.4) is 0 Å². The van der Waals surface area contributed by atoms with E-state index >= 15 is 0 Å². The van der Waals surface area contributed by atoms with Gasteiger partial charge in [-0.1, -0.05) is 13.8 Å². The van der Waals surface area contributed by atoms with Crippen LogP contribution in [0.25, 0.3) is 0 Å². The zero-order chi connectivity index (χ0) is 11.4. The van der Waals surface area contributed by atoms with Crippen molar-refractivity contribution in [3.8, 4) is 0 Å². The molecule has 1 rings (SSSR count). The van der Waals surface area contributed by atoms with Crippen LogP contribution in [0, 0.1) is 5.92 Å². The summed E-state index contributed by atoms with van der Waals surface area (Å²) in [5, 5.41) is 0. The number of rotatable bonds is 4. The minimum atomic E-state index is 0.592. The second-order valence-corrected chi connectivity index (χ2v) is 5.07. The van der Waals surface area contributed by atoms with E-state index in [1.54, 1.807) is 0 Å².